The fourth-order valence-corrected chi connectivity index (χ4v) is 1.90. The average molecular weight is 224 g/mol. The summed E-state index contributed by atoms with van der Waals surface area (Å²) >= 11 is 6.20. The van der Waals surface area contributed by atoms with Crippen molar-refractivity contribution in [2.75, 3.05) is 13.6 Å². The summed E-state index contributed by atoms with van der Waals surface area (Å²) in [5, 5.41) is 3.93. The van der Waals surface area contributed by atoms with Crippen LogP contribution in [0.3, 0.4) is 0 Å². The van der Waals surface area contributed by atoms with Gasteiger partial charge in [0.25, 0.3) is 0 Å². The molecule has 1 aromatic carbocycles. The second kappa shape index (κ2) is 4.21. The second-order valence-corrected chi connectivity index (χ2v) is 4.05. The largest absolute Gasteiger partial charge is 0.334 e. The molecule has 1 aromatic heterocycles. The molecule has 0 radical (unpaired) electrons. The molecule has 2 aromatic rings. The Balaban J connectivity index is 2.44. The number of likely N-dealkylation sites (N-methyl/N-ethyl adjacent to an activating group) is 1. The van der Waals surface area contributed by atoms with E-state index in [1.807, 2.05) is 31.1 Å². The van der Waals surface area contributed by atoms with Crippen molar-refractivity contribution >= 4 is 22.6 Å². The monoisotopic (exact) mass is 223 g/mol. The van der Waals surface area contributed by atoms with Crippen LogP contribution in [0.2, 0.25) is 5.02 Å². The number of halogens is 1. The standard InChI is InChI=1S/C11H14ClN3/c1-13-4-3-8-5-10-11(6-9(8)12)15(2)7-14-10/h5-7,13H,3-4H2,1-2H3. The van der Waals surface area contributed by atoms with E-state index in [0.29, 0.717) is 0 Å². The Hall–Kier alpha value is -1.06. The van der Waals surface area contributed by atoms with Crippen molar-refractivity contribution < 1.29 is 0 Å². The average Bonchev–Trinajstić information content (AvgIpc) is 2.57. The van der Waals surface area contributed by atoms with Gasteiger partial charge in [-0.05, 0) is 37.7 Å². The molecule has 0 amide bonds. The molecule has 0 aliphatic carbocycles. The SMILES string of the molecule is CNCCc1cc2ncn(C)c2cc1Cl. The summed E-state index contributed by atoms with van der Waals surface area (Å²) < 4.78 is 1.98. The fourth-order valence-electron chi connectivity index (χ4n) is 1.64. The topological polar surface area (TPSA) is 29.9 Å². The zero-order valence-corrected chi connectivity index (χ0v) is 9.67. The van der Waals surface area contributed by atoms with Crippen LogP contribution in [0.1, 0.15) is 5.56 Å². The van der Waals surface area contributed by atoms with Crippen LogP contribution in [-0.2, 0) is 13.5 Å². The molecule has 0 unspecified atom stereocenters. The van der Waals surface area contributed by atoms with Gasteiger partial charge in [0.2, 0.25) is 0 Å². The summed E-state index contributed by atoms with van der Waals surface area (Å²) in [6.07, 6.45) is 2.74. The molecule has 0 atom stereocenters. The first-order valence-electron chi connectivity index (χ1n) is 4.96. The van der Waals surface area contributed by atoms with E-state index in [-0.39, 0.29) is 0 Å². The Labute approximate surface area is 94.1 Å². The van der Waals surface area contributed by atoms with Gasteiger partial charge in [-0.1, -0.05) is 11.6 Å². The van der Waals surface area contributed by atoms with E-state index in [1.165, 1.54) is 0 Å². The number of benzene rings is 1. The number of nitrogens with zero attached hydrogens (tertiary/aromatic N) is 2. The lowest BCUT2D eigenvalue weighted by molar-refractivity contribution is 0.792. The number of fused-ring (bicyclic) bond motifs is 1. The van der Waals surface area contributed by atoms with Gasteiger partial charge in [-0.15, -0.1) is 0 Å². The molecule has 0 aliphatic rings. The Morgan fingerprint density at radius 3 is 3.00 bits per heavy atom. The van der Waals surface area contributed by atoms with Crippen molar-refractivity contribution in [2.24, 2.45) is 7.05 Å². The van der Waals surface area contributed by atoms with Crippen LogP contribution in [0.15, 0.2) is 18.5 Å². The maximum Gasteiger partial charge on any atom is 0.0955 e. The van der Waals surface area contributed by atoms with Crippen LogP contribution >= 0.6 is 11.6 Å². The summed E-state index contributed by atoms with van der Waals surface area (Å²) in [7, 11) is 3.91. The molecule has 3 nitrogen and oxygen atoms in total. The van der Waals surface area contributed by atoms with E-state index in [1.54, 1.807) is 0 Å². The lowest BCUT2D eigenvalue weighted by Crippen LogP contribution is -2.10. The van der Waals surface area contributed by atoms with Crippen molar-refractivity contribution in [3.63, 3.8) is 0 Å². The Kier molecular flexibility index (Phi) is 2.93. The first-order valence-corrected chi connectivity index (χ1v) is 5.34. The first-order chi connectivity index (χ1) is 7.22. The zero-order chi connectivity index (χ0) is 10.8. The molecular weight excluding hydrogens is 210 g/mol. The predicted octanol–water partition coefficient (Wildman–Crippen LogP) is 1.99. The molecule has 0 spiro atoms. The van der Waals surface area contributed by atoms with Crippen LogP contribution < -0.4 is 5.32 Å². The second-order valence-electron chi connectivity index (χ2n) is 3.64. The van der Waals surface area contributed by atoms with Crippen molar-refractivity contribution in [3.8, 4) is 0 Å². The highest BCUT2D eigenvalue weighted by molar-refractivity contribution is 6.32. The lowest BCUT2D eigenvalue weighted by Gasteiger charge is -2.04. The third-order valence-corrected chi connectivity index (χ3v) is 2.89. The van der Waals surface area contributed by atoms with Crippen LogP contribution in [0.5, 0.6) is 0 Å². The van der Waals surface area contributed by atoms with Gasteiger partial charge in [0.1, 0.15) is 0 Å². The van der Waals surface area contributed by atoms with Crippen molar-refractivity contribution in [3.05, 3.63) is 29.0 Å². The number of aryl methyl sites for hydroxylation is 1. The van der Waals surface area contributed by atoms with E-state index in [4.69, 9.17) is 11.6 Å². The Morgan fingerprint density at radius 2 is 2.27 bits per heavy atom. The van der Waals surface area contributed by atoms with Gasteiger partial charge in [0.05, 0.1) is 17.4 Å². The normalized spacial score (nSPS) is 11.1. The molecular formula is C11H14ClN3. The van der Waals surface area contributed by atoms with E-state index in [2.05, 4.69) is 16.4 Å². The molecule has 1 heterocycles. The minimum atomic E-state index is 0.821. The summed E-state index contributed by atoms with van der Waals surface area (Å²) in [6, 6.07) is 4.05. The van der Waals surface area contributed by atoms with Crippen LogP contribution in [0.4, 0.5) is 0 Å². The van der Waals surface area contributed by atoms with Crippen molar-refractivity contribution in [1.29, 1.82) is 0 Å². The molecule has 15 heavy (non-hydrogen) atoms. The van der Waals surface area contributed by atoms with E-state index in [0.717, 1.165) is 34.6 Å². The number of nitrogens with one attached hydrogen (secondary N) is 1. The number of hydrogen-bond donors (Lipinski definition) is 1. The van der Waals surface area contributed by atoms with Crippen molar-refractivity contribution in [2.45, 2.75) is 6.42 Å². The van der Waals surface area contributed by atoms with Crippen molar-refractivity contribution in [1.82, 2.24) is 14.9 Å². The van der Waals surface area contributed by atoms with E-state index < -0.39 is 0 Å². The van der Waals surface area contributed by atoms with Crippen LogP contribution in [0.25, 0.3) is 11.0 Å². The molecule has 0 bridgehead atoms. The highest BCUT2D eigenvalue weighted by Gasteiger charge is 2.05. The number of hydrogen-bond acceptors (Lipinski definition) is 2. The quantitative estimate of drug-likeness (QED) is 0.863. The van der Waals surface area contributed by atoms with Gasteiger partial charge >= 0.3 is 0 Å². The predicted molar refractivity (Wildman–Crippen MR) is 63.4 cm³/mol. The first kappa shape index (κ1) is 10.5. The molecule has 0 saturated carbocycles. The summed E-state index contributed by atoms with van der Waals surface area (Å²) in [6.45, 7) is 0.929. The van der Waals surface area contributed by atoms with Gasteiger partial charge in [-0.3, -0.25) is 0 Å². The third kappa shape index (κ3) is 1.98. The van der Waals surface area contributed by atoms with E-state index >= 15 is 0 Å². The molecule has 80 valence electrons. The van der Waals surface area contributed by atoms with Gasteiger partial charge in [0, 0.05) is 12.1 Å². The van der Waals surface area contributed by atoms with E-state index in [9.17, 15) is 0 Å². The van der Waals surface area contributed by atoms with Gasteiger partial charge < -0.3 is 9.88 Å². The van der Waals surface area contributed by atoms with Crippen LogP contribution in [0, 0.1) is 0 Å². The zero-order valence-electron chi connectivity index (χ0n) is 8.92. The Bertz CT molecular complexity index is 476. The number of rotatable bonds is 3. The molecule has 4 heteroatoms. The lowest BCUT2D eigenvalue weighted by atomic mass is 10.1. The minimum Gasteiger partial charge on any atom is -0.334 e. The smallest absolute Gasteiger partial charge is 0.0955 e. The maximum atomic E-state index is 6.20. The number of imidazole rings is 1. The molecule has 0 fully saturated rings. The summed E-state index contributed by atoms with van der Waals surface area (Å²) in [5.41, 5.74) is 3.23. The summed E-state index contributed by atoms with van der Waals surface area (Å²) in [4.78, 5) is 4.31. The molecule has 1 N–H and O–H groups in total. The maximum absolute atomic E-state index is 6.20. The minimum absolute atomic E-state index is 0.821. The summed E-state index contributed by atoms with van der Waals surface area (Å²) in [5.74, 6) is 0. The molecule has 0 aliphatic heterocycles. The van der Waals surface area contributed by atoms with Crippen LogP contribution in [-0.4, -0.2) is 23.1 Å². The molecule has 2 rings (SSSR count). The van der Waals surface area contributed by atoms with Gasteiger partial charge in [-0.25, -0.2) is 4.98 Å². The fraction of sp³-hybridized carbons (Fsp3) is 0.364. The third-order valence-electron chi connectivity index (χ3n) is 2.54. The van der Waals surface area contributed by atoms with Gasteiger partial charge in [-0.2, -0.15) is 0 Å². The Morgan fingerprint density at radius 1 is 1.47 bits per heavy atom. The highest BCUT2D eigenvalue weighted by atomic mass is 35.5. The number of aromatic nitrogens is 2. The van der Waals surface area contributed by atoms with Gasteiger partial charge in [0.15, 0.2) is 0 Å². The molecule has 0 saturated heterocycles. The highest BCUT2D eigenvalue weighted by Crippen LogP contribution is 2.23.